The Hall–Kier alpha value is -4.26. The van der Waals surface area contributed by atoms with Crippen molar-refractivity contribution in [2.45, 2.75) is 45.3 Å². The Morgan fingerprint density at radius 2 is 1.27 bits per heavy atom. The van der Waals surface area contributed by atoms with Gasteiger partial charge < -0.3 is 20.7 Å². The molecule has 0 radical (unpaired) electrons. The van der Waals surface area contributed by atoms with Gasteiger partial charge in [0.1, 0.15) is 18.4 Å². The number of rotatable bonds is 11. The summed E-state index contributed by atoms with van der Waals surface area (Å²) in [5.74, 6) is -1.44. The third-order valence-electron chi connectivity index (χ3n) is 6.08. The van der Waals surface area contributed by atoms with Crippen LogP contribution in [0.5, 0.6) is 0 Å². The number of amides is 3. The molecule has 0 saturated carbocycles. The molecular formula is C30H33N3O4. The van der Waals surface area contributed by atoms with E-state index in [1.165, 1.54) is 0 Å². The van der Waals surface area contributed by atoms with E-state index in [1.807, 2.05) is 86.6 Å². The van der Waals surface area contributed by atoms with Crippen molar-refractivity contribution in [3.8, 4) is 11.1 Å². The molecule has 3 rings (SSSR count). The maximum atomic E-state index is 13.2. The second-order valence-electron chi connectivity index (χ2n) is 9.30. The predicted octanol–water partition coefficient (Wildman–Crippen LogP) is 3.54. The minimum absolute atomic E-state index is 0.0808. The maximum absolute atomic E-state index is 13.2. The van der Waals surface area contributed by atoms with Crippen LogP contribution in [0.25, 0.3) is 11.1 Å². The van der Waals surface area contributed by atoms with E-state index in [2.05, 4.69) is 16.0 Å². The molecule has 7 nitrogen and oxygen atoms in total. The fourth-order valence-electron chi connectivity index (χ4n) is 3.77. The summed E-state index contributed by atoms with van der Waals surface area (Å²) in [5, 5.41) is 8.13. The molecule has 0 fully saturated rings. The summed E-state index contributed by atoms with van der Waals surface area (Å²) in [6.07, 6.45) is 0.927. The van der Waals surface area contributed by atoms with Crippen molar-refractivity contribution in [1.82, 2.24) is 16.0 Å². The molecule has 37 heavy (non-hydrogen) atoms. The molecule has 3 N–H and O–H groups in total. The van der Waals surface area contributed by atoms with Crippen molar-refractivity contribution >= 4 is 24.0 Å². The minimum Gasteiger partial charge on any atom is -0.345 e. The van der Waals surface area contributed by atoms with Crippen molar-refractivity contribution in [3.63, 3.8) is 0 Å². The summed E-state index contributed by atoms with van der Waals surface area (Å²) in [7, 11) is 0. The Labute approximate surface area is 217 Å². The molecule has 0 heterocycles. The molecule has 0 aliphatic heterocycles. The normalized spacial score (nSPS) is 13.2. The highest BCUT2D eigenvalue weighted by Gasteiger charge is 2.26. The second kappa shape index (κ2) is 13.2. The number of carbonyl (C=O) groups is 4. The van der Waals surface area contributed by atoms with Crippen LogP contribution < -0.4 is 16.0 Å². The Balaban J connectivity index is 1.72. The Morgan fingerprint density at radius 3 is 1.84 bits per heavy atom. The average Bonchev–Trinajstić information content (AvgIpc) is 2.92. The largest absolute Gasteiger partial charge is 0.345 e. The highest BCUT2D eigenvalue weighted by molar-refractivity contribution is 5.99. The Kier molecular flexibility index (Phi) is 9.72. The topological polar surface area (TPSA) is 104 Å². The lowest BCUT2D eigenvalue weighted by molar-refractivity contribution is -0.130. The lowest BCUT2D eigenvalue weighted by atomic mass is 10.0. The van der Waals surface area contributed by atoms with Gasteiger partial charge in [0.2, 0.25) is 11.8 Å². The molecule has 7 heteroatoms. The molecule has 0 aliphatic rings. The number of carbonyl (C=O) groups excluding carboxylic acids is 4. The fraction of sp³-hybridized carbons (Fsp3) is 0.267. The summed E-state index contributed by atoms with van der Waals surface area (Å²) >= 11 is 0. The van der Waals surface area contributed by atoms with Gasteiger partial charge in [-0.2, -0.15) is 0 Å². The molecule has 0 bridgehead atoms. The molecular weight excluding hydrogens is 466 g/mol. The van der Waals surface area contributed by atoms with Crippen molar-refractivity contribution in [1.29, 1.82) is 0 Å². The smallest absolute Gasteiger partial charge is 0.251 e. The quantitative estimate of drug-likeness (QED) is 0.351. The second-order valence-corrected chi connectivity index (χ2v) is 9.30. The van der Waals surface area contributed by atoms with E-state index in [-0.39, 0.29) is 12.3 Å². The van der Waals surface area contributed by atoms with E-state index < -0.39 is 35.8 Å². The molecule has 3 aromatic rings. The molecule has 0 saturated heterocycles. The van der Waals surface area contributed by atoms with E-state index in [0.29, 0.717) is 11.8 Å². The molecule has 0 spiro atoms. The zero-order valence-corrected chi connectivity index (χ0v) is 21.3. The molecule has 192 valence electrons. The van der Waals surface area contributed by atoms with E-state index in [0.717, 1.165) is 16.7 Å². The van der Waals surface area contributed by atoms with Crippen molar-refractivity contribution in [3.05, 3.63) is 96.1 Å². The first-order valence-corrected chi connectivity index (χ1v) is 12.3. The number of nitrogens with one attached hydrogen (secondary N) is 3. The van der Waals surface area contributed by atoms with Crippen LogP contribution in [-0.2, 0) is 20.8 Å². The lowest BCUT2D eigenvalue weighted by Crippen LogP contribution is -2.55. The Bertz CT molecular complexity index is 1190. The van der Waals surface area contributed by atoms with E-state index in [9.17, 15) is 19.2 Å². The molecule has 3 atom stereocenters. The predicted molar refractivity (Wildman–Crippen MR) is 144 cm³/mol. The van der Waals surface area contributed by atoms with Gasteiger partial charge in [0.05, 0.1) is 6.04 Å². The van der Waals surface area contributed by atoms with Gasteiger partial charge in [-0.25, -0.2) is 0 Å². The standard InChI is InChI=1S/C30H33N3O4/c1-20(2)27(19-34)33-28(35)21(3)31-30(37)26(18-22-10-6-4-7-11-22)32-29(36)25-16-14-24(15-17-25)23-12-8-5-9-13-23/h4-17,19-21,26-27H,18H2,1-3H3,(H,31,37)(H,32,36)(H,33,35)/t21-,26+,27+/m0/s1. The number of benzene rings is 3. The van der Waals surface area contributed by atoms with Crippen molar-refractivity contribution in [2.75, 3.05) is 0 Å². The van der Waals surface area contributed by atoms with E-state index in [4.69, 9.17) is 0 Å². The minimum atomic E-state index is -0.911. The van der Waals surface area contributed by atoms with Crippen LogP contribution in [-0.4, -0.2) is 42.1 Å². The molecule has 3 aromatic carbocycles. The fourth-order valence-corrected chi connectivity index (χ4v) is 3.77. The van der Waals surface area contributed by atoms with Crippen molar-refractivity contribution < 1.29 is 19.2 Å². The number of hydrogen-bond acceptors (Lipinski definition) is 4. The summed E-state index contributed by atoms with van der Waals surface area (Å²) in [4.78, 5) is 50.0. The van der Waals surface area contributed by atoms with Gasteiger partial charge in [0, 0.05) is 12.0 Å². The third-order valence-corrected chi connectivity index (χ3v) is 6.08. The van der Waals surface area contributed by atoms with Gasteiger partial charge in [-0.05, 0) is 41.7 Å². The molecule has 3 amide bonds. The lowest BCUT2D eigenvalue weighted by Gasteiger charge is -2.23. The van der Waals surface area contributed by atoms with Gasteiger partial charge in [0.25, 0.3) is 5.91 Å². The third kappa shape index (κ3) is 7.87. The van der Waals surface area contributed by atoms with Gasteiger partial charge in [0.15, 0.2) is 0 Å². The monoisotopic (exact) mass is 499 g/mol. The SMILES string of the molecule is CC(C)[C@@H](C=O)NC(=O)[C@H](C)NC(=O)[C@@H](Cc1ccccc1)NC(=O)c1ccc(-c2ccccc2)cc1. The zero-order valence-electron chi connectivity index (χ0n) is 21.3. The van der Waals surface area contributed by atoms with Crippen LogP contribution in [0.4, 0.5) is 0 Å². The van der Waals surface area contributed by atoms with Crippen LogP contribution >= 0.6 is 0 Å². The van der Waals surface area contributed by atoms with Gasteiger partial charge in [-0.3, -0.25) is 14.4 Å². The molecule has 0 aromatic heterocycles. The van der Waals surface area contributed by atoms with Crippen LogP contribution in [0.2, 0.25) is 0 Å². The first-order valence-electron chi connectivity index (χ1n) is 12.3. The van der Waals surface area contributed by atoms with Gasteiger partial charge >= 0.3 is 0 Å². The molecule has 0 aliphatic carbocycles. The summed E-state index contributed by atoms with van der Waals surface area (Å²) in [5.41, 5.74) is 3.30. The number of aldehydes is 1. The zero-order chi connectivity index (χ0) is 26.8. The summed E-state index contributed by atoms with van der Waals surface area (Å²) < 4.78 is 0. The first-order chi connectivity index (χ1) is 17.8. The van der Waals surface area contributed by atoms with Crippen LogP contribution in [0, 0.1) is 5.92 Å². The summed E-state index contributed by atoms with van der Waals surface area (Å²) in [6, 6.07) is 23.9. The van der Waals surface area contributed by atoms with Crippen LogP contribution in [0.1, 0.15) is 36.7 Å². The van der Waals surface area contributed by atoms with Gasteiger partial charge in [-0.1, -0.05) is 86.6 Å². The highest BCUT2D eigenvalue weighted by Crippen LogP contribution is 2.19. The van der Waals surface area contributed by atoms with Crippen LogP contribution in [0.15, 0.2) is 84.9 Å². The summed E-state index contributed by atoms with van der Waals surface area (Å²) in [6.45, 7) is 5.18. The Morgan fingerprint density at radius 1 is 0.703 bits per heavy atom. The van der Waals surface area contributed by atoms with Crippen LogP contribution in [0.3, 0.4) is 0 Å². The van der Waals surface area contributed by atoms with Crippen molar-refractivity contribution in [2.24, 2.45) is 5.92 Å². The first kappa shape index (κ1) is 27.3. The van der Waals surface area contributed by atoms with Gasteiger partial charge in [-0.15, -0.1) is 0 Å². The van der Waals surface area contributed by atoms with E-state index in [1.54, 1.807) is 19.1 Å². The maximum Gasteiger partial charge on any atom is 0.251 e. The molecule has 0 unspecified atom stereocenters. The van der Waals surface area contributed by atoms with E-state index >= 15 is 0 Å². The number of hydrogen-bond donors (Lipinski definition) is 3. The highest BCUT2D eigenvalue weighted by atomic mass is 16.2. The average molecular weight is 500 g/mol.